The summed E-state index contributed by atoms with van der Waals surface area (Å²) in [5.74, 6) is 2.05. The number of hydrogen-bond acceptors (Lipinski definition) is 4. The molecule has 2 aromatic rings. The number of piperazine rings is 1. The molecule has 4 rings (SSSR count). The van der Waals surface area contributed by atoms with E-state index in [0.29, 0.717) is 6.42 Å². The molecule has 0 bridgehead atoms. The van der Waals surface area contributed by atoms with E-state index in [4.69, 9.17) is 9.47 Å². The van der Waals surface area contributed by atoms with E-state index in [9.17, 15) is 4.79 Å². The summed E-state index contributed by atoms with van der Waals surface area (Å²) in [5, 5.41) is 0. The van der Waals surface area contributed by atoms with Crippen LogP contribution in [0.15, 0.2) is 42.5 Å². The summed E-state index contributed by atoms with van der Waals surface area (Å²) in [5.41, 5.74) is 3.76. The zero-order valence-corrected chi connectivity index (χ0v) is 16.7. The fraction of sp³-hybridized carbons (Fsp3) is 0.435. The summed E-state index contributed by atoms with van der Waals surface area (Å²) in [6.45, 7) is 3.36. The van der Waals surface area contributed by atoms with Gasteiger partial charge in [0.25, 0.3) is 0 Å². The number of amides is 1. The molecule has 0 spiro atoms. The molecule has 0 radical (unpaired) electrons. The van der Waals surface area contributed by atoms with E-state index < -0.39 is 0 Å². The molecule has 1 saturated heterocycles. The SMILES string of the molecule is COc1cc2c(cc1OC)C(CC(=O)N1CCN(c3ccccc3)CC1)CC2. The maximum absolute atomic E-state index is 12.9. The Morgan fingerprint density at radius 2 is 1.68 bits per heavy atom. The van der Waals surface area contributed by atoms with Gasteiger partial charge in [-0.05, 0) is 54.2 Å². The van der Waals surface area contributed by atoms with Crippen LogP contribution in [0.25, 0.3) is 0 Å². The van der Waals surface area contributed by atoms with Crippen molar-refractivity contribution in [1.82, 2.24) is 4.90 Å². The van der Waals surface area contributed by atoms with Gasteiger partial charge < -0.3 is 19.3 Å². The second kappa shape index (κ2) is 8.13. The van der Waals surface area contributed by atoms with Crippen LogP contribution in [-0.2, 0) is 11.2 Å². The molecule has 1 heterocycles. The summed E-state index contributed by atoms with van der Waals surface area (Å²) < 4.78 is 10.9. The lowest BCUT2D eigenvalue weighted by atomic mass is 9.96. The minimum Gasteiger partial charge on any atom is -0.493 e. The van der Waals surface area contributed by atoms with Crippen molar-refractivity contribution < 1.29 is 14.3 Å². The van der Waals surface area contributed by atoms with Gasteiger partial charge in [0.1, 0.15) is 0 Å². The average Bonchev–Trinajstić information content (AvgIpc) is 3.14. The first-order chi connectivity index (χ1) is 13.7. The Kier molecular flexibility index (Phi) is 5.42. The van der Waals surface area contributed by atoms with Crippen LogP contribution in [0, 0.1) is 0 Å². The zero-order valence-electron chi connectivity index (χ0n) is 16.7. The third-order valence-corrected chi connectivity index (χ3v) is 6.02. The predicted molar refractivity (Wildman–Crippen MR) is 110 cm³/mol. The van der Waals surface area contributed by atoms with E-state index in [1.165, 1.54) is 16.8 Å². The van der Waals surface area contributed by atoms with E-state index >= 15 is 0 Å². The summed E-state index contributed by atoms with van der Waals surface area (Å²) in [7, 11) is 3.32. The number of ether oxygens (including phenoxy) is 2. The number of benzene rings is 2. The highest BCUT2D eigenvalue weighted by Crippen LogP contribution is 2.42. The van der Waals surface area contributed by atoms with Gasteiger partial charge in [0.2, 0.25) is 5.91 Å². The average molecular weight is 380 g/mol. The molecule has 5 nitrogen and oxygen atoms in total. The Morgan fingerprint density at radius 1 is 1.00 bits per heavy atom. The lowest BCUT2D eigenvalue weighted by Gasteiger charge is -2.36. The summed E-state index contributed by atoms with van der Waals surface area (Å²) in [6, 6.07) is 14.6. The lowest BCUT2D eigenvalue weighted by Crippen LogP contribution is -2.49. The maximum Gasteiger partial charge on any atom is 0.223 e. The van der Waals surface area contributed by atoms with Crippen molar-refractivity contribution in [3.8, 4) is 11.5 Å². The second-order valence-corrected chi connectivity index (χ2v) is 7.55. The van der Waals surface area contributed by atoms with Crippen LogP contribution in [0.5, 0.6) is 11.5 Å². The number of para-hydroxylation sites is 1. The van der Waals surface area contributed by atoms with Crippen molar-refractivity contribution in [2.75, 3.05) is 45.3 Å². The first-order valence-electron chi connectivity index (χ1n) is 10.0. The van der Waals surface area contributed by atoms with Gasteiger partial charge in [-0.3, -0.25) is 4.79 Å². The zero-order chi connectivity index (χ0) is 19.5. The highest BCUT2D eigenvalue weighted by atomic mass is 16.5. The van der Waals surface area contributed by atoms with E-state index in [1.807, 2.05) is 11.0 Å². The third-order valence-electron chi connectivity index (χ3n) is 6.02. The van der Waals surface area contributed by atoms with Crippen molar-refractivity contribution in [1.29, 1.82) is 0 Å². The van der Waals surface area contributed by atoms with Crippen LogP contribution in [0.2, 0.25) is 0 Å². The summed E-state index contributed by atoms with van der Waals surface area (Å²) in [6.07, 6.45) is 2.59. The summed E-state index contributed by atoms with van der Waals surface area (Å²) >= 11 is 0. The molecule has 1 aliphatic heterocycles. The Morgan fingerprint density at radius 3 is 2.36 bits per heavy atom. The molecular formula is C23H28N2O3. The second-order valence-electron chi connectivity index (χ2n) is 7.55. The van der Waals surface area contributed by atoms with E-state index in [2.05, 4.69) is 41.3 Å². The third kappa shape index (κ3) is 3.66. The predicted octanol–water partition coefficient (Wildman–Crippen LogP) is 3.47. The number of hydrogen-bond donors (Lipinski definition) is 0. The van der Waals surface area contributed by atoms with Crippen molar-refractivity contribution in [2.24, 2.45) is 0 Å². The number of nitrogens with zero attached hydrogens (tertiary/aromatic N) is 2. The monoisotopic (exact) mass is 380 g/mol. The van der Waals surface area contributed by atoms with Gasteiger partial charge in [-0.15, -0.1) is 0 Å². The molecule has 0 saturated carbocycles. The van der Waals surface area contributed by atoms with E-state index in [0.717, 1.165) is 50.5 Å². The molecule has 0 N–H and O–H groups in total. The Balaban J connectivity index is 1.38. The minimum absolute atomic E-state index is 0.264. The minimum atomic E-state index is 0.264. The number of fused-ring (bicyclic) bond motifs is 1. The normalized spacial score (nSPS) is 18.7. The Labute approximate surface area is 166 Å². The molecule has 148 valence electrons. The number of aryl methyl sites for hydroxylation is 1. The molecule has 1 unspecified atom stereocenters. The van der Waals surface area contributed by atoms with Crippen molar-refractivity contribution in [3.63, 3.8) is 0 Å². The quantitative estimate of drug-likeness (QED) is 0.797. The molecule has 2 aromatic carbocycles. The highest BCUT2D eigenvalue weighted by Gasteiger charge is 2.29. The molecule has 5 heteroatoms. The van der Waals surface area contributed by atoms with Gasteiger partial charge in [-0.2, -0.15) is 0 Å². The van der Waals surface area contributed by atoms with Crippen molar-refractivity contribution in [2.45, 2.75) is 25.2 Å². The van der Waals surface area contributed by atoms with Crippen LogP contribution in [0.4, 0.5) is 5.69 Å². The molecule has 0 aromatic heterocycles. The number of methoxy groups -OCH3 is 2. The maximum atomic E-state index is 12.9. The van der Waals surface area contributed by atoms with Crippen LogP contribution in [0.1, 0.15) is 29.9 Å². The van der Waals surface area contributed by atoms with Crippen molar-refractivity contribution >= 4 is 11.6 Å². The fourth-order valence-corrected chi connectivity index (χ4v) is 4.42. The lowest BCUT2D eigenvalue weighted by molar-refractivity contribution is -0.131. The number of rotatable bonds is 5. The fourth-order valence-electron chi connectivity index (χ4n) is 4.42. The molecule has 1 fully saturated rings. The van der Waals surface area contributed by atoms with Crippen molar-refractivity contribution in [3.05, 3.63) is 53.6 Å². The smallest absolute Gasteiger partial charge is 0.223 e. The van der Waals surface area contributed by atoms with Gasteiger partial charge in [-0.25, -0.2) is 0 Å². The molecule has 28 heavy (non-hydrogen) atoms. The number of anilines is 1. The standard InChI is InChI=1S/C23H28N2O3/c1-27-21-14-17-8-9-18(20(17)16-22(21)28-2)15-23(26)25-12-10-24(11-13-25)19-6-4-3-5-7-19/h3-7,14,16,18H,8-13,15H2,1-2H3. The first kappa shape index (κ1) is 18.7. The van der Waals surface area contributed by atoms with Gasteiger partial charge in [0.15, 0.2) is 11.5 Å². The van der Waals surface area contributed by atoms with Crippen LogP contribution < -0.4 is 14.4 Å². The first-order valence-corrected chi connectivity index (χ1v) is 10.0. The number of carbonyl (C=O) groups excluding carboxylic acids is 1. The van der Waals surface area contributed by atoms with E-state index in [-0.39, 0.29) is 11.8 Å². The summed E-state index contributed by atoms with van der Waals surface area (Å²) in [4.78, 5) is 17.3. The van der Waals surface area contributed by atoms with Crippen LogP contribution in [-0.4, -0.2) is 51.2 Å². The highest BCUT2D eigenvalue weighted by molar-refractivity contribution is 5.78. The van der Waals surface area contributed by atoms with Gasteiger partial charge in [0.05, 0.1) is 14.2 Å². The van der Waals surface area contributed by atoms with E-state index in [1.54, 1.807) is 14.2 Å². The van der Waals surface area contributed by atoms with Crippen LogP contribution >= 0.6 is 0 Å². The molecule has 1 atom stereocenters. The van der Waals surface area contributed by atoms with Crippen LogP contribution in [0.3, 0.4) is 0 Å². The van der Waals surface area contributed by atoms with Gasteiger partial charge in [0, 0.05) is 38.3 Å². The Bertz CT molecular complexity index is 829. The molecule has 1 aliphatic carbocycles. The van der Waals surface area contributed by atoms with Gasteiger partial charge in [-0.1, -0.05) is 18.2 Å². The number of carbonyl (C=O) groups is 1. The topological polar surface area (TPSA) is 42.0 Å². The Hall–Kier alpha value is -2.69. The molecule has 2 aliphatic rings. The molecular weight excluding hydrogens is 352 g/mol. The largest absolute Gasteiger partial charge is 0.493 e. The van der Waals surface area contributed by atoms with Gasteiger partial charge >= 0.3 is 0 Å². The molecule has 1 amide bonds.